The number of rotatable bonds is 5. The van der Waals surface area contributed by atoms with Gasteiger partial charge in [-0.15, -0.1) is 0 Å². The average Bonchev–Trinajstić information content (AvgIpc) is 2.54. The number of carbonyl (C=O) groups excluding carboxylic acids is 1. The largest absolute Gasteiger partial charge is 0.444 e. The molecule has 9 heteroatoms. The van der Waals surface area contributed by atoms with Gasteiger partial charge in [0.15, 0.2) is 0 Å². The van der Waals surface area contributed by atoms with Crippen LogP contribution in [0.3, 0.4) is 0 Å². The number of hydrogen-bond donors (Lipinski definition) is 0. The Morgan fingerprint density at radius 3 is 2.52 bits per heavy atom. The fourth-order valence-corrected chi connectivity index (χ4v) is 3.12. The summed E-state index contributed by atoms with van der Waals surface area (Å²) in [4.78, 5) is 13.4. The molecule has 0 spiro atoms. The summed E-state index contributed by atoms with van der Waals surface area (Å²) in [5, 5.41) is 0. The van der Waals surface area contributed by atoms with E-state index in [1.807, 2.05) is 0 Å². The lowest BCUT2D eigenvalue weighted by Crippen LogP contribution is -2.42. The first kappa shape index (κ1) is 18.2. The van der Waals surface area contributed by atoms with Crippen molar-refractivity contribution in [1.29, 1.82) is 0 Å². The normalized spacial score (nSPS) is 16.9. The molecule has 1 saturated heterocycles. The molecular weight excluding hydrogens is 390 g/mol. The summed E-state index contributed by atoms with van der Waals surface area (Å²) in [6.45, 7) is 3.20. The number of amides is 1. The van der Waals surface area contributed by atoms with Crippen molar-refractivity contribution in [2.24, 2.45) is 0 Å². The molecule has 1 aliphatic rings. The number of morpholine rings is 1. The molecule has 1 aromatic carbocycles. The van der Waals surface area contributed by atoms with Gasteiger partial charge >= 0.3 is 6.09 Å². The predicted molar refractivity (Wildman–Crippen MR) is 85.6 cm³/mol. The average molecular weight is 408 g/mol. The quantitative estimate of drug-likeness (QED) is 0.694. The van der Waals surface area contributed by atoms with Gasteiger partial charge < -0.3 is 14.4 Å². The highest BCUT2D eigenvalue weighted by Crippen LogP contribution is 2.17. The SMILES string of the molecule is C[C@H](COS(=O)(=O)c1ccc(Br)cc1)OC(=O)N1CCOCC1. The maximum atomic E-state index is 12.0. The first-order valence-corrected chi connectivity index (χ1v) is 9.27. The zero-order valence-electron chi connectivity index (χ0n) is 12.6. The van der Waals surface area contributed by atoms with Gasteiger partial charge in [-0.3, -0.25) is 4.18 Å². The van der Waals surface area contributed by atoms with E-state index >= 15 is 0 Å². The molecule has 0 aromatic heterocycles. The minimum absolute atomic E-state index is 0.0485. The van der Waals surface area contributed by atoms with E-state index in [-0.39, 0.29) is 11.5 Å². The minimum Gasteiger partial charge on any atom is -0.444 e. The molecule has 2 rings (SSSR count). The van der Waals surface area contributed by atoms with Gasteiger partial charge in [-0.05, 0) is 31.2 Å². The first-order valence-electron chi connectivity index (χ1n) is 7.07. The number of carbonyl (C=O) groups is 1. The van der Waals surface area contributed by atoms with E-state index in [9.17, 15) is 13.2 Å². The monoisotopic (exact) mass is 407 g/mol. The highest BCUT2D eigenvalue weighted by Gasteiger charge is 2.22. The molecule has 1 amide bonds. The first-order chi connectivity index (χ1) is 10.9. The van der Waals surface area contributed by atoms with Gasteiger partial charge in [-0.2, -0.15) is 8.42 Å². The fourth-order valence-electron chi connectivity index (χ4n) is 1.88. The molecule has 0 unspecified atom stereocenters. The summed E-state index contributed by atoms with van der Waals surface area (Å²) in [7, 11) is -3.88. The fraction of sp³-hybridized carbons (Fsp3) is 0.500. The number of nitrogens with zero attached hydrogens (tertiary/aromatic N) is 1. The Balaban J connectivity index is 1.84. The lowest BCUT2D eigenvalue weighted by atomic mass is 10.4. The van der Waals surface area contributed by atoms with E-state index < -0.39 is 22.3 Å². The van der Waals surface area contributed by atoms with Crippen LogP contribution in [0, 0.1) is 0 Å². The molecule has 128 valence electrons. The van der Waals surface area contributed by atoms with E-state index in [1.165, 1.54) is 17.0 Å². The number of halogens is 1. The van der Waals surface area contributed by atoms with Gasteiger partial charge in [0.2, 0.25) is 0 Å². The molecule has 23 heavy (non-hydrogen) atoms. The Morgan fingerprint density at radius 1 is 1.30 bits per heavy atom. The molecule has 0 radical (unpaired) electrons. The molecule has 0 saturated carbocycles. The van der Waals surface area contributed by atoms with Crippen LogP contribution in [0.25, 0.3) is 0 Å². The minimum atomic E-state index is -3.88. The van der Waals surface area contributed by atoms with E-state index in [0.717, 1.165) is 4.47 Å². The summed E-state index contributed by atoms with van der Waals surface area (Å²) in [6.07, 6.45) is -1.18. The van der Waals surface area contributed by atoms with E-state index in [1.54, 1.807) is 19.1 Å². The predicted octanol–water partition coefficient (Wildman–Crippen LogP) is 2.01. The van der Waals surface area contributed by atoms with Crippen LogP contribution in [0.2, 0.25) is 0 Å². The molecule has 1 atom stereocenters. The molecule has 0 bridgehead atoms. The summed E-state index contributed by atoms with van der Waals surface area (Å²) in [6, 6.07) is 6.09. The zero-order valence-corrected chi connectivity index (χ0v) is 15.0. The molecule has 0 aliphatic carbocycles. The van der Waals surface area contributed by atoms with E-state index in [2.05, 4.69) is 15.9 Å². The molecule has 0 N–H and O–H groups in total. The molecule has 1 aromatic rings. The van der Waals surface area contributed by atoms with Gasteiger partial charge in [0, 0.05) is 17.6 Å². The maximum Gasteiger partial charge on any atom is 0.410 e. The van der Waals surface area contributed by atoms with Crippen LogP contribution >= 0.6 is 15.9 Å². The second kappa shape index (κ2) is 8.09. The van der Waals surface area contributed by atoms with Gasteiger partial charge in [-0.1, -0.05) is 15.9 Å². The Kier molecular flexibility index (Phi) is 6.40. The number of ether oxygens (including phenoxy) is 2. The number of hydrogen-bond acceptors (Lipinski definition) is 6. The van der Waals surface area contributed by atoms with Crippen molar-refractivity contribution in [3.05, 3.63) is 28.7 Å². The smallest absolute Gasteiger partial charge is 0.410 e. The highest BCUT2D eigenvalue weighted by molar-refractivity contribution is 9.10. The maximum absolute atomic E-state index is 12.0. The Morgan fingerprint density at radius 2 is 1.91 bits per heavy atom. The van der Waals surface area contributed by atoms with Gasteiger partial charge in [0.25, 0.3) is 10.1 Å². The lowest BCUT2D eigenvalue weighted by Gasteiger charge is -2.27. The van der Waals surface area contributed by atoms with Crippen LogP contribution in [0.15, 0.2) is 33.6 Å². The zero-order chi connectivity index (χ0) is 16.9. The van der Waals surface area contributed by atoms with Crippen molar-refractivity contribution in [3.63, 3.8) is 0 Å². The number of benzene rings is 1. The Hall–Kier alpha value is -1.16. The van der Waals surface area contributed by atoms with Crippen LogP contribution < -0.4 is 0 Å². The van der Waals surface area contributed by atoms with Crippen LogP contribution in [0.1, 0.15) is 6.92 Å². The third kappa shape index (κ3) is 5.45. The third-order valence-electron chi connectivity index (χ3n) is 3.13. The Labute approximate surface area is 143 Å². The molecular formula is C14H18BrNO6S. The summed E-state index contributed by atoms with van der Waals surface area (Å²) in [5.41, 5.74) is 0. The van der Waals surface area contributed by atoms with Crippen molar-refractivity contribution in [2.75, 3.05) is 32.9 Å². The molecule has 7 nitrogen and oxygen atoms in total. The summed E-state index contributed by atoms with van der Waals surface area (Å²) >= 11 is 3.23. The summed E-state index contributed by atoms with van der Waals surface area (Å²) < 4.78 is 40.1. The Bertz CT molecular complexity index is 627. The second-order valence-electron chi connectivity index (χ2n) is 4.99. The van der Waals surface area contributed by atoms with Crippen molar-refractivity contribution in [3.8, 4) is 0 Å². The van der Waals surface area contributed by atoms with Crippen molar-refractivity contribution < 1.29 is 26.9 Å². The van der Waals surface area contributed by atoms with Crippen LogP contribution in [-0.4, -0.2) is 58.4 Å². The van der Waals surface area contributed by atoms with E-state index in [0.29, 0.717) is 26.3 Å². The van der Waals surface area contributed by atoms with Crippen LogP contribution in [0.5, 0.6) is 0 Å². The topological polar surface area (TPSA) is 82.1 Å². The van der Waals surface area contributed by atoms with Crippen molar-refractivity contribution in [2.45, 2.75) is 17.9 Å². The van der Waals surface area contributed by atoms with Crippen LogP contribution in [0.4, 0.5) is 4.79 Å². The second-order valence-corrected chi connectivity index (χ2v) is 7.52. The van der Waals surface area contributed by atoms with Gasteiger partial charge in [-0.25, -0.2) is 4.79 Å². The van der Waals surface area contributed by atoms with Crippen LogP contribution in [-0.2, 0) is 23.8 Å². The molecule has 1 heterocycles. The van der Waals surface area contributed by atoms with E-state index in [4.69, 9.17) is 13.7 Å². The third-order valence-corrected chi connectivity index (χ3v) is 4.96. The van der Waals surface area contributed by atoms with Crippen molar-refractivity contribution in [1.82, 2.24) is 4.90 Å². The lowest BCUT2D eigenvalue weighted by molar-refractivity contribution is 0.00785. The molecule has 1 fully saturated rings. The van der Waals surface area contributed by atoms with Crippen molar-refractivity contribution >= 4 is 32.1 Å². The van der Waals surface area contributed by atoms with Gasteiger partial charge in [0.05, 0.1) is 18.1 Å². The molecule has 1 aliphatic heterocycles. The summed E-state index contributed by atoms with van der Waals surface area (Å²) in [5.74, 6) is 0. The van der Waals surface area contributed by atoms with Gasteiger partial charge in [0.1, 0.15) is 12.7 Å². The highest BCUT2D eigenvalue weighted by atomic mass is 79.9. The standard InChI is InChI=1S/C14H18BrNO6S/c1-11(22-14(17)16-6-8-20-9-7-16)10-21-23(18,19)13-4-2-12(15)3-5-13/h2-5,11H,6-10H2,1H3/t11-/m1/s1.